The van der Waals surface area contributed by atoms with Gasteiger partial charge in [0.05, 0.1) is 13.2 Å². The maximum absolute atomic E-state index is 11.9. The van der Waals surface area contributed by atoms with E-state index in [4.69, 9.17) is 9.05 Å². The zero-order valence-electron chi connectivity index (χ0n) is 10.1. The van der Waals surface area contributed by atoms with Gasteiger partial charge in [-0.05, 0) is 26.7 Å². The summed E-state index contributed by atoms with van der Waals surface area (Å²) >= 11 is 0. The van der Waals surface area contributed by atoms with Crippen molar-refractivity contribution in [3.8, 4) is 0 Å². The second-order valence-electron chi connectivity index (χ2n) is 3.26. The van der Waals surface area contributed by atoms with Gasteiger partial charge in [0, 0.05) is 5.82 Å². The van der Waals surface area contributed by atoms with Crippen LogP contribution in [-0.2, 0) is 13.6 Å². The Bertz CT molecular complexity index is 204. The molecule has 0 unspecified atom stereocenters. The molecule has 4 heteroatoms. The minimum atomic E-state index is -2.95. The molecule has 0 amide bonds. The summed E-state index contributed by atoms with van der Waals surface area (Å²) in [5.74, 6) is 1.59. The van der Waals surface area contributed by atoms with Gasteiger partial charge in [0.25, 0.3) is 0 Å². The summed E-state index contributed by atoms with van der Waals surface area (Å²) in [4.78, 5) is 0. The van der Waals surface area contributed by atoms with E-state index >= 15 is 0 Å². The lowest BCUT2D eigenvalue weighted by atomic mass is 10.2. The topological polar surface area (TPSA) is 35.5 Å². The Balaban J connectivity index is 3.98. The molecule has 0 saturated carbocycles. The lowest BCUT2D eigenvalue weighted by molar-refractivity contribution is 0.229. The van der Waals surface area contributed by atoms with Gasteiger partial charge >= 0.3 is 7.60 Å². The summed E-state index contributed by atoms with van der Waals surface area (Å²) in [7, 11) is -2.95. The van der Waals surface area contributed by atoms with Crippen molar-refractivity contribution in [2.24, 2.45) is 0 Å². The molecule has 0 aromatic carbocycles. The summed E-state index contributed by atoms with van der Waals surface area (Å²) in [6.07, 6.45) is 6.38. The maximum atomic E-state index is 11.9. The van der Waals surface area contributed by atoms with Crippen molar-refractivity contribution >= 4 is 7.60 Å². The first-order valence-electron chi connectivity index (χ1n) is 5.75. The summed E-state index contributed by atoms with van der Waals surface area (Å²) in [5.41, 5.74) is 0. The van der Waals surface area contributed by atoms with E-state index in [1.165, 1.54) is 12.8 Å². The zero-order chi connectivity index (χ0) is 11.6. The molecule has 0 atom stereocenters. The van der Waals surface area contributed by atoms with Crippen LogP contribution in [0.5, 0.6) is 0 Å². The third kappa shape index (κ3) is 7.78. The second kappa shape index (κ2) is 9.14. The van der Waals surface area contributed by atoms with E-state index in [9.17, 15) is 4.57 Å². The van der Waals surface area contributed by atoms with Crippen LogP contribution in [0.3, 0.4) is 0 Å². The molecule has 90 valence electrons. The highest BCUT2D eigenvalue weighted by Gasteiger charge is 2.18. The van der Waals surface area contributed by atoms with Gasteiger partial charge < -0.3 is 9.05 Å². The van der Waals surface area contributed by atoms with Crippen molar-refractivity contribution < 1.29 is 13.6 Å². The van der Waals surface area contributed by atoms with Crippen LogP contribution in [0.2, 0.25) is 0 Å². The molecule has 0 spiro atoms. The van der Waals surface area contributed by atoms with Crippen LogP contribution >= 0.6 is 7.60 Å². The molecule has 15 heavy (non-hydrogen) atoms. The van der Waals surface area contributed by atoms with E-state index < -0.39 is 7.60 Å². The minimum absolute atomic E-state index is 0.413. The first-order chi connectivity index (χ1) is 7.18. The fourth-order valence-corrected chi connectivity index (χ4v) is 2.57. The molecule has 0 rings (SSSR count). The highest BCUT2D eigenvalue weighted by atomic mass is 31.2. The van der Waals surface area contributed by atoms with Crippen LogP contribution in [0.4, 0.5) is 0 Å². The monoisotopic (exact) mass is 234 g/mol. The molecular weight excluding hydrogens is 211 g/mol. The maximum Gasteiger partial charge on any atom is 0.353 e. The minimum Gasteiger partial charge on any atom is -0.306 e. The van der Waals surface area contributed by atoms with Crippen molar-refractivity contribution in [3.05, 3.63) is 11.9 Å². The Morgan fingerprint density at radius 2 is 1.67 bits per heavy atom. The normalized spacial score (nSPS) is 12.5. The molecule has 0 fully saturated rings. The molecule has 0 aliphatic heterocycles. The van der Waals surface area contributed by atoms with E-state index in [1.54, 1.807) is 5.82 Å². The third-order valence-electron chi connectivity index (χ3n) is 1.88. The van der Waals surface area contributed by atoms with E-state index in [2.05, 4.69) is 6.92 Å². The fraction of sp³-hybridized carbons (Fsp3) is 0.818. The van der Waals surface area contributed by atoms with Crippen LogP contribution in [0, 0.1) is 0 Å². The third-order valence-corrected chi connectivity index (χ3v) is 3.69. The summed E-state index contributed by atoms with van der Waals surface area (Å²) in [6, 6.07) is 0. The Morgan fingerprint density at radius 3 is 2.13 bits per heavy atom. The average molecular weight is 234 g/mol. The van der Waals surface area contributed by atoms with Crippen LogP contribution in [0.25, 0.3) is 0 Å². The van der Waals surface area contributed by atoms with E-state index in [-0.39, 0.29) is 0 Å². The van der Waals surface area contributed by atoms with Crippen molar-refractivity contribution in [3.63, 3.8) is 0 Å². The molecule has 3 nitrogen and oxygen atoms in total. The quantitative estimate of drug-likeness (QED) is 0.439. The first-order valence-corrected chi connectivity index (χ1v) is 7.36. The second-order valence-corrected chi connectivity index (χ2v) is 5.15. The van der Waals surface area contributed by atoms with E-state index in [0.717, 1.165) is 12.8 Å². The molecule has 0 aromatic heterocycles. The summed E-state index contributed by atoms with van der Waals surface area (Å²) in [6.45, 7) is 6.62. The molecule has 0 aliphatic carbocycles. The van der Waals surface area contributed by atoms with Gasteiger partial charge in [0.2, 0.25) is 0 Å². The van der Waals surface area contributed by atoms with Crippen LogP contribution < -0.4 is 0 Å². The smallest absolute Gasteiger partial charge is 0.306 e. The Labute approximate surface area is 93.4 Å². The Kier molecular flexibility index (Phi) is 9.07. The Morgan fingerprint density at radius 1 is 1.07 bits per heavy atom. The van der Waals surface area contributed by atoms with E-state index in [0.29, 0.717) is 13.2 Å². The van der Waals surface area contributed by atoms with Gasteiger partial charge in [0.1, 0.15) is 0 Å². The Hall–Kier alpha value is -0.110. The lowest BCUT2D eigenvalue weighted by Gasteiger charge is -2.12. The number of rotatable bonds is 9. The molecule has 0 radical (unpaired) electrons. The van der Waals surface area contributed by atoms with E-state index in [1.807, 2.05) is 19.9 Å². The van der Waals surface area contributed by atoms with Gasteiger partial charge in [0.15, 0.2) is 0 Å². The van der Waals surface area contributed by atoms with Crippen molar-refractivity contribution in [2.45, 2.75) is 46.5 Å². The van der Waals surface area contributed by atoms with Gasteiger partial charge in [-0.1, -0.05) is 25.8 Å². The molecule has 0 aromatic rings. The summed E-state index contributed by atoms with van der Waals surface area (Å²) in [5, 5.41) is 0. The first kappa shape index (κ1) is 14.9. The van der Waals surface area contributed by atoms with Gasteiger partial charge in [-0.2, -0.15) is 0 Å². The molecule has 0 heterocycles. The number of hydrogen-bond acceptors (Lipinski definition) is 3. The van der Waals surface area contributed by atoms with Crippen molar-refractivity contribution in [1.29, 1.82) is 0 Å². The molecule has 0 saturated heterocycles. The average Bonchev–Trinajstić information content (AvgIpc) is 2.18. The number of unbranched alkanes of at least 4 members (excludes halogenated alkanes) is 3. The molecule has 0 aliphatic rings. The van der Waals surface area contributed by atoms with Gasteiger partial charge in [-0.3, -0.25) is 4.57 Å². The highest BCUT2D eigenvalue weighted by molar-refractivity contribution is 7.57. The molecule has 0 bridgehead atoms. The fourth-order valence-electron chi connectivity index (χ4n) is 1.20. The van der Waals surface area contributed by atoms with Gasteiger partial charge in [-0.15, -0.1) is 0 Å². The van der Waals surface area contributed by atoms with Crippen LogP contribution in [-0.4, -0.2) is 13.2 Å². The number of allylic oxidation sites excluding steroid dienone is 1. The largest absolute Gasteiger partial charge is 0.353 e. The van der Waals surface area contributed by atoms with Crippen molar-refractivity contribution in [2.75, 3.05) is 13.2 Å². The molecular formula is C11H23O3P. The summed E-state index contributed by atoms with van der Waals surface area (Å²) < 4.78 is 22.2. The van der Waals surface area contributed by atoms with Crippen LogP contribution in [0.1, 0.15) is 46.5 Å². The lowest BCUT2D eigenvalue weighted by Crippen LogP contribution is -1.92. The van der Waals surface area contributed by atoms with Gasteiger partial charge in [-0.25, -0.2) is 0 Å². The standard InChI is InChI=1S/C11H23O3P/c1-4-7-8-9-10-11-15(12,13-5-2)14-6-3/h10-11H,4-9H2,1-3H3. The number of hydrogen-bond donors (Lipinski definition) is 0. The highest BCUT2D eigenvalue weighted by Crippen LogP contribution is 2.49. The SMILES string of the molecule is CCCCCC=CP(=O)(OCC)OCC. The van der Waals surface area contributed by atoms with Crippen molar-refractivity contribution in [1.82, 2.24) is 0 Å². The predicted octanol–water partition coefficient (Wildman–Crippen LogP) is 4.35. The predicted molar refractivity (Wildman–Crippen MR) is 64.1 cm³/mol. The molecule has 0 N–H and O–H groups in total. The zero-order valence-corrected chi connectivity index (χ0v) is 11.0. The van der Waals surface area contributed by atoms with Crippen LogP contribution in [0.15, 0.2) is 11.9 Å².